The molecule has 5 nitrogen and oxygen atoms in total. The Labute approximate surface area is 95.1 Å². The minimum atomic E-state index is 0.588. The molecule has 4 heterocycles. The van der Waals surface area contributed by atoms with Crippen molar-refractivity contribution in [1.29, 1.82) is 0 Å². The first-order valence-electron chi connectivity index (χ1n) is 5.17. The van der Waals surface area contributed by atoms with Crippen molar-refractivity contribution in [1.82, 2.24) is 19.9 Å². The molecular formula is C12H6N4O. The highest BCUT2D eigenvalue weighted by Crippen LogP contribution is 2.26. The van der Waals surface area contributed by atoms with Crippen LogP contribution in [0.3, 0.4) is 0 Å². The summed E-state index contributed by atoms with van der Waals surface area (Å²) in [5.74, 6) is 0. The van der Waals surface area contributed by atoms with Crippen LogP contribution < -0.4 is 0 Å². The third-order valence-electron chi connectivity index (χ3n) is 2.66. The predicted octanol–water partition coefficient (Wildman–Crippen LogP) is 2.32. The second kappa shape index (κ2) is 2.98. The quantitative estimate of drug-likeness (QED) is 0.456. The summed E-state index contributed by atoms with van der Waals surface area (Å²) in [6.45, 7) is 0. The summed E-state index contributed by atoms with van der Waals surface area (Å²) in [4.78, 5) is 17.0. The average molecular weight is 222 g/mol. The van der Waals surface area contributed by atoms with Crippen molar-refractivity contribution in [3.05, 3.63) is 36.8 Å². The second-order valence-corrected chi connectivity index (χ2v) is 3.69. The van der Waals surface area contributed by atoms with E-state index in [1.54, 1.807) is 18.6 Å². The van der Waals surface area contributed by atoms with E-state index in [0.29, 0.717) is 16.9 Å². The number of furan rings is 1. The fraction of sp³-hybridized carbons (Fsp3) is 0. The summed E-state index contributed by atoms with van der Waals surface area (Å²) in [5.41, 5.74) is 3.39. The van der Waals surface area contributed by atoms with Crippen molar-refractivity contribution >= 4 is 33.4 Å². The van der Waals surface area contributed by atoms with Crippen LogP contribution >= 0.6 is 0 Å². The van der Waals surface area contributed by atoms with Crippen LogP contribution in [0.5, 0.6) is 0 Å². The molecule has 0 saturated heterocycles. The molecule has 80 valence electrons. The summed E-state index contributed by atoms with van der Waals surface area (Å²) in [5, 5.41) is 0.898. The molecule has 0 saturated carbocycles. The molecule has 0 spiro atoms. The highest BCUT2D eigenvalue weighted by atomic mass is 16.3. The minimum absolute atomic E-state index is 0.588. The van der Waals surface area contributed by atoms with Gasteiger partial charge in [-0.3, -0.25) is 4.98 Å². The smallest absolute Gasteiger partial charge is 0.228 e. The molecular weight excluding hydrogens is 216 g/mol. The molecule has 4 aromatic rings. The monoisotopic (exact) mass is 222 g/mol. The van der Waals surface area contributed by atoms with Gasteiger partial charge in [-0.25, -0.2) is 15.0 Å². The second-order valence-electron chi connectivity index (χ2n) is 3.69. The van der Waals surface area contributed by atoms with Crippen molar-refractivity contribution in [3.8, 4) is 0 Å². The molecule has 4 rings (SSSR count). The molecule has 0 aromatic carbocycles. The molecule has 4 aromatic heterocycles. The molecule has 0 unspecified atom stereocenters. The zero-order valence-electron chi connectivity index (χ0n) is 8.66. The molecule has 0 amide bonds. The first kappa shape index (κ1) is 8.58. The fourth-order valence-corrected chi connectivity index (χ4v) is 1.91. The lowest BCUT2D eigenvalue weighted by atomic mass is 10.3. The van der Waals surface area contributed by atoms with E-state index in [0.717, 1.165) is 16.4 Å². The molecule has 17 heavy (non-hydrogen) atoms. The van der Waals surface area contributed by atoms with Crippen LogP contribution in [0.15, 0.2) is 41.2 Å². The van der Waals surface area contributed by atoms with Gasteiger partial charge in [-0.05, 0) is 12.1 Å². The normalized spacial score (nSPS) is 11.5. The standard InChI is InChI=1S/C12H6N4O/c1-2-7-10-9(17-12(7)15-3-1)6-8-11(16-10)14-5-4-13-8/h1-6H. The lowest BCUT2D eigenvalue weighted by Crippen LogP contribution is -1.85. The number of pyridine rings is 2. The summed E-state index contributed by atoms with van der Waals surface area (Å²) in [7, 11) is 0. The van der Waals surface area contributed by atoms with Crippen molar-refractivity contribution in [2.24, 2.45) is 0 Å². The maximum atomic E-state index is 5.62. The van der Waals surface area contributed by atoms with Gasteiger partial charge in [0.15, 0.2) is 11.2 Å². The van der Waals surface area contributed by atoms with E-state index in [1.807, 2.05) is 18.2 Å². The molecule has 0 bridgehead atoms. The largest absolute Gasteiger partial charge is 0.436 e. The van der Waals surface area contributed by atoms with Crippen LogP contribution in [0.2, 0.25) is 0 Å². The lowest BCUT2D eigenvalue weighted by molar-refractivity contribution is 0.654. The Kier molecular flexibility index (Phi) is 1.50. The van der Waals surface area contributed by atoms with Crippen LogP contribution in [0.4, 0.5) is 0 Å². The first-order chi connectivity index (χ1) is 8.42. The zero-order valence-corrected chi connectivity index (χ0v) is 8.66. The van der Waals surface area contributed by atoms with E-state index in [-0.39, 0.29) is 0 Å². The van der Waals surface area contributed by atoms with Crippen LogP contribution in [0, 0.1) is 0 Å². The van der Waals surface area contributed by atoms with Gasteiger partial charge in [0.1, 0.15) is 11.0 Å². The van der Waals surface area contributed by atoms with Gasteiger partial charge in [0.2, 0.25) is 5.71 Å². The molecule has 0 aliphatic rings. The van der Waals surface area contributed by atoms with E-state index < -0.39 is 0 Å². The summed E-state index contributed by atoms with van der Waals surface area (Å²) in [6, 6.07) is 5.63. The van der Waals surface area contributed by atoms with Gasteiger partial charge in [-0.2, -0.15) is 0 Å². The Morgan fingerprint density at radius 3 is 2.94 bits per heavy atom. The van der Waals surface area contributed by atoms with Crippen LogP contribution in [0.1, 0.15) is 0 Å². The number of hydrogen-bond acceptors (Lipinski definition) is 5. The third-order valence-corrected chi connectivity index (χ3v) is 2.66. The van der Waals surface area contributed by atoms with Crippen molar-refractivity contribution in [2.45, 2.75) is 0 Å². The highest BCUT2D eigenvalue weighted by Gasteiger charge is 2.10. The molecule has 0 aliphatic heterocycles. The maximum absolute atomic E-state index is 5.62. The Bertz CT molecular complexity index is 847. The highest BCUT2D eigenvalue weighted by molar-refractivity contribution is 6.03. The number of rotatable bonds is 0. The van der Waals surface area contributed by atoms with Gasteiger partial charge in [0, 0.05) is 24.7 Å². The number of nitrogens with zero attached hydrogens (tertiary/aromatic N) is 4. The van der Waals surface area contributed by atoms with Gasteiger partial charge < -0.3 is 4.42 Å². The van der Waals surface area contributed by atoms with Gasteiger partial charge in [-0.15, -0.1) is 0 Å². The average Bonchev–Trinajstić information content (AvgIpc) is 2.73. The van der Waals surface area contributed by atoms with Crippen LogP contribution in [-0.4, -0.2) is 19.9 Å². The van der Waals surface area contributed by atoms with E-state index in [9.17, 15) is 0 Å². The maximum Gasteiger partial charge on any atom is 0.228 e. The Balaban J connectivity index is 2.28. The predicted molar refractivity (Wildman–Crippen MR) is 62.4 cm³/mol. The number of aromatic nitrogens is 4. The molecule has 0 fully saturated rings. The zero-order chi connectivity index (χ0) is 11.2. The Morgan fingerprint density at radius 1 is 1.00 bits per heavy atom. The topological polar surface area (TPSA) is 64.7 Å². The molecule has 0 aliphatic carbocycles. The summed E-state index contributed by atoms with van der Waals surface area (Å²) < 4.78 is 5.62. The molecule has 0 atom stereocenters. The SMILES string of the molecule is c1cnc2oc3cc4nccnc4nc3c2c1. The van der Waals surface area contributed by atoms with Crippen molar-refractivity contribution < 1.29 is 4.42 Å². The van der Waals surface area contributed by atoms with Crippen LogP contribution in [0.25, 0.3) is 33.4 Å². The minimum Gasteiger partial charge on any atom is -0.436 e. The first-order valence-corrected chi connectivity index (χ1v) is 5.17. The van der Waals surface area contributed by atoms with E-state index >= 15 is 0 Å². The van der Waals surface area contributed by atoms with E-state index in [2.05, 4.69) is 19.9 Å². The van der Waals surface area contributed by atoms with Gasteiger partial charge in [0.05, 0.1) is 5.39 Å². The fourth-order valence-electron chi connectivity index (χ4n) is 1.91. The summed E-state index contributed by atoms with van der Waals surface area (Å²) >= 11 is 0. The lowest BCUT2D eigenvalue weighted by Gasteiger charge is -1.93. The van der Waals surface area contributed by atoms with Crippen LogP contribution in [-0.2, 0) is 0 Å². The van der Waals surface area contributed by atoms with E-state index in [4.69, 9.17) is 4.42 Å². The van der Waals surface area contributed by atoms with Gasteiger partial charge in [-0.1, -0.05) is 0 Å². The Hall–Kier alpha value is -2.56. The van der Waals surface area contributed by atoms with Gasteiger partial charge >= 0.3 is 0 Å². The Morgan fingerprint density at radius 2 is 1.94 bits per heavy atom. The van der Waals surface area contributed by atoms with Crippen molar-refractivity contribution in [2.75, 3.05) is 0 Å². The number of hydrogen-bond donors (Lipinski definition) is 0. The molecule has 5 heteroatoms. The third kappa shape index (κ3) is 1.13. The molecule has 0 radical (unpaired) electrons. The molecule has 0 N–H and O–H groups in total. The van der Waals surface area contributed by atoms with E-state index in [1.165, 1.54) is 0 Å². The number of fused-ring (bicyclic) bond motifs is 4. The van der Waals surface area contributed by atoms with Crippen molar-refractivity contribution in [3.63, 3.8) is 0 Å². The van der Waals surface area contributed by atoms with Gasteiger partial charge in [0.25, 0.3) is 0 Å². The summed E-state index contributed by atoms with van der Waals surface area (Å²) in [6.07, 6.45) is 4.96.